The van der Waals surface area contributed by atoms with E-state index in [0.29, 0.717) is 0 Å². The third-order valence-corrected chi connectivity index (χ3v) is 5.57. The molecule has 3 aromatic carbocycles. The van der Waals surface area contributed by atoms with Gasteiger partial charge in [-0.15, -0.1) is 0 Å². The number of aromatic carboxylic acids is 4. The molecule has 0 bridgehead atoms. The second kappa shape index (κ2) is 10.8. The number of methoxy groups -OCH3 is 4. The lowest BCUT2D eigenvalue weighted by Gasteiger charge is -2.24. The minimum absolute atomic E-state index is 0.0448. The minimum Gasteiger partial charge on any atom is -0.492 e. The normalized spacial score (nSPS) is 10.4. The summed E-state index contributed by atoms with van der Waals surface area (Å²) in [5, 5.41) is 38.2. The highest BCUT2D eigenvalue weighted by molar-refractivity contribution is 6.01. The summed E-state index contributed by atoms with van der Waals surface area (Å²) in [7, 11) is 5.08. The van der Waals surface area contributed by atoms with Gasteiger partial charge in [-0.05, 0) is 47.5 Å². The van der Waals surface area contributed by atoms with Crippen molar-refractivity contribution in [1.82, 2.24) is 0 Å². The Bertz CT molecular complexity index is 1260. The summed E-state index contributed by atoms with van der Waals surface area (Å²) in [5.41, 5.74) is -1.01. The monoisotopic (exact) mass is 526 g/mol. The fraction of sp³-hybridized carbons (Fsp3) is 0.154. The third-order valence-electron chi connectivity index (χ3n) is 5.57. The van der Waals surface area contributed by atoms with E-state index in [2.05, 4.69) is 0 Å². The Morgan fingerprint density at radius 2 is 0.658 bits per heavy atom. The first-order valence-corrected chi connectivity index (χ1v) is 10.6. The molecular weight excluding hydrogens is 504 g/mol. The van der Waals surface area contributed by atoms with Crippen molar-refractivity contribution < 1.29 is 58.6 Å². The molecule has 0 aliphatic rings. The smallest absolute Gasteiger partial charge is 0.335 e. The lowest BCUT2D eigenvalue weighted by atomic mass is 9.92. The molecule has 0 amide bonds. The first-order chi connectivity index (χ1) is 18.0. The first-order valence-electron chi connectivity index (χ1n) is 10.6. The van der Waals surface area contributed by atoms with Crippen LogP contribution in [-0.4, -0.2) is 72.7 Å². The number of carbonyl (C=O) groups is 4. The maximum absolute atomic E-state index is 11.7. The summed E-state index contributed by atoms with van der Waals surface area (Å²) < 4.78 is 22.4. The average Bonchev–Trinajstić information content (AvgIpc) is 2.90. The fourth-order valence-electron chi connectivity index (χ4n) is 4.00. The van der Waals surface area contributed by atoms with Gasteiger partial charge in [0.25, 0.3) is 0 Å². The summed E-state index contributed by atoms with van der Waals surface area (Å²) >= 11 is 0. The molecule has 0 saturated heterocycles. The zero-order chi connectivity index (χ0) is 28.3. The predicted octanol–water partition coefficient (Wildman–Crippen LogP) is 3.85. The van der Waals surface area contributed by atoms with Gasteiger partial charge in [0.05, 0.1) is 61.8 Å². The number of carboxylic acids is 4. The lowest BCUT2D eigenvalue weighted by molar-refractivity contribution is 0.0676. The molecule has 198 valence electrons. The molecule has 0 saturated carbocycles. The molecule has 12 heteroatoms. The van der Waals surface area contributed by atoms with E-state index in [1.165, 1.54) is 52.7 Å². The molecule has 12 nitrogen and oxygen atoms in total. The van der Waals surface area contributed by atoms with Crippen LogP contribution >= 0.6 is 0 Å². The van der Waals surface area contributed by atoms with Gasteiger partial charge in [0.1, 0.15) is 0 Å². The first kappa shape index (κ1) is 27.3. The van der Waals surface area contributed by atoms with Crippen molar-refractivity contribution in [2.45, 2.75) is 0 Å². The van der Waals surface area contributed by atoms with Crippen LogP contribution < -0.4 is 18.9 Å². The second-order valence-electron chi connectivity index (χ2n) is 7.70. The van der Waals surface area contributed by atoms with E-state index in [-0.39, 0.29) is 67.5 Å². The van der Waals surface area contributed by atoms with E-state index in [9.17, 15) is 39.6 Å². The van der Waals surface area contributed by atoms with Crippen LogP contribution in [0.2, 0.25) is 0 Å². The van der Waals surface area contributed by atoms with Crippen LogP contribution in [0.1, 0.15) is 41.4 Å². The van der Waals surface area contributed by atoms with Gasteiger partial charge in [-0.2, -0.15) is 0 Å². The number of benzene rings is 3. The van der Waals surface area contributed by atoms with Crippen LogP contribution in [0, 0.1) is 0 Å². The summed E-state index contributed by atoms with van der Waals surface area (Å²) in [6.07, 6.45) is 0. The van der Waals surface area contributed by atoms with E-state index in [4.69, 9.17) is 18.9 Å². The van der Waals surface area contributed by atoms with Crippen molar-refractivity contribution in [3.63, 3.8) is 0 Å². The second-order valence-corrected chi connectivity index (χ2v) is 7.70. The summed E-state index contributed by atoms with van der Waals surface area (Å²) in [6.45, 7) is 0. The summed E-state index contributed by atoms with van der Waals surface area (Å²) in [5.74, 6) is -5.70. The van der Waals surface area contributed by atoms with Gasteiger partial charge < -0.3 is 39.4 Å². The van der Waals surface area contributed by atoms with Crippen molar-refractivity contribution in [3.05, 3.63) is 58.7 Å². The van der Waals surface area contributed by atoms with Crippen molar-refractivity contribution in [2.75, 3.05) is 28.4 Å². The van der Waals surface area contributed by atoms with E-state index < -0.39 is 23.9 Å². The maximum atomic E-state index is 11.7. The maximum Gasteiger partial charge on any atom is 0.335 e. The molecule has 0 unspecified atom stereocenters. The predicted molar refractivity (Wildman–Crippen MR) is 131 cm³/mol. The highest BCUT2D eigenvalue weighted by atomic mass is 16.5. The molecule has 3 rings (SSSR count). The van der Waals surface area contributed by atoms with Gasteiger partial charge in [-0.25, -0.2) is 19.2 Å². The lowest BCUT2D eigenvalue weighted by Crippen LogP contribution is -2.07. The summed E-state index contributed by atoms with van der Waals surface area (Å²) in [6, 6.07) is 6.81. The Morgan fingerprint density at radius 1 is 0.447 bits per heavy atom. The van der Waals surface area contributed by atoms with E-state index in [1.54, 1.807) is 0 Å². The van der Waals surface area contributed by atoms with Gasteiger partial charge in [0.2, 0.25) is 0 Å². The molecule has 3 aromatic rings. The molecule has 0 aliphatic carbocycles. The Labute approximate surface area is 215 Å². The molecule has 0 heterocycles. The number of ether oxygens (including phenoxy) is 4. The Kier molecular flexibility index (Phi) is 7.76. The number of hydrogen-bond donors (Lipinski definition) is 4. The van der Waals surface area contributed by atoms with Gasteiger partial charge in [-0.1, -0.05) is 0 Å². The summed E-state index contributed by atoms with van der Waals surface area (Å²) in [4.78, 5) is 46.9. The quantitative estimate of drug-likeness (QED) is 0.299. The Morgan fingerprint density at radius 3 is 0.816 bits per heavy atom. The van der Waals surface area contributed by atoms with Gasteiger partial charge in [0.15, 0.2) is 23.0 Å². The molecule has 4 N–H and O–H groups in total. The zero-order valence-corrected chi connectivity index (χ0v) is 20.5. The van der Waals surface area contributed by atoms with E-state index >= 15 is 0 Å². The van der Waals surface area contributed by atoms with Gasteiger partial charge in [0, 0.05) is 0 Å². The molecule has 0 atom stereocenters. The van der Waals surface area contributed by atoms with Crippen LogP contribution in [0.25, 0.3) is 22.3 Å². The highest BCUT2D eigenvalue weighted by Crippen LogP contribution is 2.57. The molecule has 0 fully saturated rings. The van der Waals surface area contributed by atoms with Crippen LogP contribution in [0.5, 0.6) is 23.0 Å². The van der Waals surface area contributed by atoms with Gasteiger partial charge in [-0.3, -0.25) is 0 Å². The molecule has 0 aromatic heterocycles. The molecule has 0 radical (unpaired) electrons. The number of carboxylic acid groups (broad SMARTS) is 4. The van der Waals surface area contributed by atoms with Crippen molar-refractivity contribution in [2.24, 2.45) is 0 Å². The van der Waals surface area contributed by atoms with E-state index in [0.717, 1.165) is 12.1 Å². The van der Waals surface area contributed by atoms with Crippen LogP contribution in [0.4, 0.5) is 0 Å². The molecular formula is C26H22O12. The van der Waals surface area contributed by atoms with Crippen LogP contribution in [-0.2, 0) is 0 Å². The number of rotatable bonds is 10. The molecule has 0 spiro atoms. The van der Waals surface area contributed by atoms with Crippen LogP contribution in [0.15, 0.2) is 36.4 Å². The van der Waals surface area contributed by atoms with Crippen molar-refractivity contribution in [1.29, 1.82) is 0 Å². The van der Waals surface area contributed by atoms with Gasteiger partial charge >= 0.3 is 23.9 Å². The largest absolute Gasteiger partial charge is 0.492 e. The van der Waals surface area contributed by atoms with E-state index in [1.807, 2.05) is 0 Å². The standard InChI is InChI=1S/C26H22O12/c1-35-19-17(11-5-13(23(27)28)9-14(6-11)24(29)30)21(37-3)22(38-4)18(20(19)36-2)12-7-15(25(31)32)10-16(8-12)26(33)34/h5-10H,1-4H3,(H,27,28)(H,29,30)(H,31,32)(H,33,34). The average molecular weight is 526 g/mol. The number of hydrogen-bond acceptors (Lipinski definition) is 8. The Balaban J connectivity index is 2.56. The van der Waals surface area contributed by atoms with Crippen molar-refractivity contribution >= 4 is 23.9 Å². The molecule has 38 heavy (non-hydrogen) atoms. The highest BCUT2D eigenvalue weighted by Gasteiger charge is 2.31. The Hall–Kier alpha value is -5.26. The SMILES string of the molecule is COc1c(OC)c(-c2cc(C(=O)O)cc(C(=O)O)c2)c(OC)c(OC)c1-c1cc(C(=O)O)cc(C(=O)O)c1. The third kappa shape index (κ3) is 4.87. The fourth-order valence-corrected chi connectivity index (χ4v) is 4.00. The molecule has 0 aliphatic heterocycles. The van der Waals surface area contributed by atoms with Crippen LogP contribution in [0.3, 0.4) is 0 Å². The van der Waals surface area contributed by atoms with Crippen molar-refractivity contribution in [3.8, 4) is 45.3 Å². The minimum atomic E-state index is -1.38. The topological polar surface area (TPSA) is 186 Å². The zero-order valence-electron chi connectivity index (χ0n) is 20.5.